The van der Waals surface area contributed by atoms with E-state index in [2.05, 4.69) is 37.2 Å². The van der Waals surface area contributed by atoms with E-state index in [4.69, 9.17) is 0 Å². The first-order valence-corrected chi connectivity index (χ1v) is 15.1. The topological polar surface area (TPSA) is 86.8 Å². The molecule has 0 bridgehead atoms. The number of halogens is 2. The second-order valence-corrected chi connectivity index (χ2v) is 12.6. The van der Waals surface area contributed by atoms with Gasteiger partial charge in [0.2, 0.25) is 21.8 Å². The molecule has 0 aromatic heterocycles. The molecule has 0 aliphatic heterocycles. The zero-order valence-corrected chi connectivity index (χ0v) is 23.9. The van der Waals surface area contributed by atoms with Crippen molar-refractivity contribution in [3.8, 4) is 0 Å². The maximum atomic E-state index is 13.6. The van der Waals surface area contributed by atoms with Gasteiger partial charge in [0.1, 0.15) is 12.6 Å². The van der Waals surface area contributed by atoms with E-state index in [1.54, 1.807) is 31.2 Å². The molecule has 1 saturated carbocycles. The van der Waals surface area contributed by atoms with Crippen LogP contribution in [0.25, 0.3) is 0 Å². The van der Waals surface area contributed by atoms with Gasteiger partial charge in [-0.2, -0.15) is 0 Å². The van der Waals surface area contributed by atoms with Gasteiger partial charge in [0.05, 0.1) is 11.9 Å². The number of benzene rings is 2. The zero-order chi connectivity index (χ0) is 25.6. The second-order valence-electron chi connectivity index (χ2n) is 8.89. The highest BCUT2D eigenvalue weighted by Gasteiger charge is 2.31. The minimum atomic E-state index is -3.77. The maximum Gasteiger partial charge on any atom is 0.244 e. The van der Waals surface area contributed by atoms with Crippen LogP contribution in [0.4, 0.5) is 5.69 Å². The van der Waals surface area contributed by atoms with Crippen LogP contribution in [0.15, 0.2) is 57.5 Å². The monoisotopic (exact) mass is 627 g/mol. The van der Waals surface area contributed by atoms with E-state index in [9.17, 15) is 18.0 Å². The van der Waals surface area contributed by atoms with Crippen LogP contribution in [0.1, 0.15) is 44.6 Å². The number of hydrogen-bond acceptors (Lipinski definition) is 4. The molecule has 0 heterocycles. The molecular weight excluding hydrogens is 598 g/mol. The Kier molecular flexibility index (Phi) is 9.77. The lowest BCUT2D eigenvalue weighted by atomic mass is 9.95. The molecule has 3 rings (SSSR count). The number of rotatable bonds is 9. The molecule has 0 spiro atoms. The molecule has 1 fully saturated rings. The lowest BCUT2D eigenvalue weighted by Gasteiger charge is -2.33. The van der Waals surface area contributed by atoms with Gasteiger partial charge in [0.15, 0.2) is 0 Å². The van der Waals surface area contributed by atoms with Gasteiger partial charge in [-0.15, -0.1) is 0 Å². The predicted octanol–water partition coefficient (Wildman–Crippen LogP) is 4.84. The van der Waals surface area contributed by atoms with Gasteiger partial charge in [0, 0.05) is 21.5 Å². The van der Waals surface area contributed by atoms with Crippen LogP contribution in [0.5, 0.6) is 0 Å². The number of nitrogens with zero attached hydrogens (tertiary/aromatic N) is 2. The normalized spacial score (nSPS) is 15.3. The molecule has 10 heteroatoms. The van der Waals surface area contributed by atoms with Crippen LogP contribution in [0.3, 0.4) is 0 Å². The number of para-hydroxylation sites is 1. The molecule has 190 valence electrons. The predicted molar refractivity (Wildman–Crippen MR) is 146 cm³/mol. The summed E-state index contributed by atoms with van der Waals surface area (Å²) < 4.78 is 27.8. The summed E-state index contributed by atoms with van der Waals surface area (Å²) in [6.07, 6.45) is 6.27. The average Bonchev–Trinajstić information content (AvgIpc) is 2.82. The quantitative estimate of drug-likeness (QED) is 0.430. The van der Waals surface area contributed by atoms with Gasteiger partial charge >= 0.3 is 0 Å². The van der Waals surface area contributed by atoms with E-state index < -0.39 is 28.5 Å². The number of carbonyl (C=O) groups excluding carboxylic acids is 2. The van der Waals surface area contributed by atoms with Gasteiger partial charge in [-0.05, 0) is 65.5 Å². The molecule has 0 unspecified atom stereocenters. The average molecular weight is 629 g/mol. The summed E-state index contributed by atoms with van der Waals surface area (Å²) in [5, 5.41) is 3.09. The highest BCUT2D eigenvalue weighted by molar-refractivity contribution is 9.10. The van der Waals surface area contributed by atoms with Crippen molar-refractivity contribution in [2.24, 2.45) is 0 Å². The SMILES string of the molecule is C[C@@H](C(=O)NC1CCCCC1)N(Cc1ccc(Br)cc1)C(=O)CN(c1ccccc1Br)S(C)(=O)=O. The fourth-order valence-corrected chi connectivity index (χ4v) is 5.93. The molecule has 1 aliphatic rings. The summed E-state index contributed by atoms with van der Waals surface area (Å²) in [7, 11) is -3.77. The fourth-order valence-electron chi connectivity index (χ4n) is 4.19. The molecular formula is C25H31Br2N3O4S. The van der Waals surface area contributed by atoms with E-state index >= 15 is 0 Å². The molecule has 35 heavy (non-hydrogen) atoms. The van der Waals surface area contributed by atoms with E-state index in [0.717, 1.165) is 46.3 Å². The molecule has 0 radical (unpaired) electrons. The number of sulfonamides is 1. The highest BCUT2D eigenvalue weighted by atomic mass is 79.9. The van der Waals surface area contributed by atoms with Crippen LogP contribution in [-0.2, 0) is 26.2 Å². The summed E-state index contributed by atoms with van der Waals surface area (Å²) in [5.74, 6) is -0.686. The Balaban J connectivity index is 1.87. The molecule has 0 saturated heterocycles. The minimum absolute atomic E-state index is 0.108. The van der Waals surface area contributed by atoms with E-state index in [-0.39, 0.29) is 18.5 Å². The van der Waals surface area contributed by atoms with Crippen molar-refractivity contribution >= 4 is 59.4 Å². The Labute approximate surface area is 224 Å². The number of anilines is 1. The molecule has 1 atom stereocenters. The van der Waals surface area contributed by atoms with Gasteiger partial charge in [-0.1, -0.05) is 59.5 Å². The van der Waals surface area contributed by atoms with Crippen molar-refractivity contribution in [1.82, 2.24) is 10.2 Å². The highest BCUT2D eigenvalue weighted by Crippen LogP contribution is 2.28. The second kappa shape index (κ2) is 12.4. The van der Waals surface area contributed by atoms with Gasteiger partial charge in [-0.25, -0.2) is 8.42 Å². The smallest absolute Gasteiger partial charge is 0.244 e. The minimum Gasteiger partial charge on any atom is -0.352 e. The van der Waals surface area contributed by atoms with Crippen LogP contribution in [-0.4, -0.2) is 50.0 Å². The van der Waals surface area contributed by atoms with Gasteiger partial charge < -0.3 is 10.2 Å². The summed E-state index contributed by atoms with van der Waals surface area (Å²) in [6.45, 7) is 1.45. The van der Waals surface area contributed by atoms with Crippen molar-refractivity contribution in [3.05, 3.63) is 63.0 Å². The largest absolute Gasteiger partial charge is 0.352 e. The third kappa shape index (κ3) is 7.79. The third-order valence-electron chi connectivity index (χ3n) is 6.19. The Morgan fingerprint density at radius 3 is 2.26 bits per heavy atom. The molecule has 2 amide bonds. The molecule has 1 N–H and O–H groups in total. The van der Waals surface area contributed by atoms with Gasteiger partial charge in [0.25, 0.3) is 0 Å². The first-order valence-electron chi connectivity index (χ1n) is 11.6. The molecule has 2 aromatic carbocycles. The van der Waals surface area contributed by atoms with Crippen LogP contribution in [0.2, 0.25) is 0 Å². The number of nitrogens with one attached hydrogen (secondary N) is 1. The number of amides is 2. The summed E-state index contributed by atoms with van der Waals surface area (Å²) >= 11 is 6.80. The molecule has 2 aromatic rings. The van der Waals surface area contributed by atoms with Crippen molar-refractivity contribution in [3.63, 3.8) is 0 Å². The van der Waals surface area contributed by atoms with Crippen molar-refractivity contribution in [2.75, 3.05) is 17.1 Å². The summed E-state index contributed by atoms with van der Waals surface area (Å²) in [5.41, 5.74) is 1.21. The van der Waals surface area contributed by atoms with Crippen molar-refractivity contribution in [1.29, 1.82) is 0 Å². The van der Waals surface area contributed by atoms with Crippen molar-refractivity contribution in [2.45, 2.75) is 57.7 Å². The van der Waals surface area contributed by atoms with Crippen LogP contribution >= 0.6 is 31.9 Å². The van der Waals surface area contributed by atoms with Crippen LogP contribution < -0.4 is 9.62 Å². The van der Waals surface area contributed by atoms with Crippen molar-refractivity contribution < 1.29 is 18.0 Å². The fraction of sp³-hybridized carbons (Fsp3) is 0.440. The lowest BCUT2D eigenvalue weighted by molar-refractivity contribution is -0.139. The first kappa shape index (κ1) is 27.7. The lowest BCUT2D eigenvalue weighted by Crippen LogP contribution is -2.53. The molecule has 7 nitrogen and oxygen atoms in total. The Hall–Kier alpha value is -1.91. The summed E-state index contributed by atoms with van der Waals surface area (Å²) in [6, 6.07) is 13.7. The maximum absolute atomic E-state index is 13.6. The first-order chi connectivity index (χ1) is 16.6. The zero-order valence-electron chi connectivity index (χ0n) is 19.9. The Morgan fingerprint density at radius 2 is 1.66 bits per heavy atom. The number of hydrogen-bond donors (Lipinski definition) is 1. The third-order valence-corrected chi connectivity index (χ3v) is 8.51. The van der Waals surface area contributed by atoms with Gasteiger partial charge in [-0.3, -0.25) is 13.9 Å². The Morgan fingerprint density at radius 1 is 1.03 bits per heavy atom. The number of carbonyl (C=O) groups is 2. The van der Waals surface area contributed by atoms with Crippen LogP contribution in [0, 0.1) is 0 Å². The van der Waals surface area contributed by atoms with E-state index in [1.807, 2.05) is 24.3 Å². The molecule has 1 aliphatic carbocycles. The Bertz CT molecular complexity index is 1140. The standard InChI is InChI=1S/C25H31Br2N3O4S/c1-18(25(32)28-21-8-4-3-5-9-21)29(16-19-12-14-20(26)15-13-19)24(31)17-30(35(2,33)34)23-11-7-6-10-22(23)27/h6-7,10-15,18,21H,3-5,8-9,16-17H2,1-2H3,(H,28,32)/t18-/m0/s1. The van der Waals surface area contributed by atoms with E-state index in [1.165, 1.54) is 11.3 Å². The van der Waals surface area contributed by atoms with E-state index in [0.29, 0.717) is 10.2 Å². The summed E-state index contributed by atoms with van der Waals surface area (Å²) in [4.78, 5) is 28.2.